The van der Waals surface area contributed by atoms with Crippen LogP contribution in [0.15, 0.2) is 23.1 Å². The molecule has 1 saturated heterocycles. The topological polar surface area (TPSA) is 91.8 Å². The molecule has 3 amide bonds. The first-order chi connectivity index (χ1) is 10.2. The van der Waals surface area contributed by atoms with Crippen LogP contribution in [0.1, 0.15) is 18.9 Å². The molecule has 116 valence electrons. The van der Waals surface area contributed by atoms with Gasteiger partial charge >= 0.3 is 0 Å². The number of halogens is 1. The third kappa shape index (κ3) is 1.43. The van der Waals surface area contributed by atoms with Gasteiger partial charge in [-0.15, -0.1) is 0 Å². The number of amides is 3. The highest BCUT2D eigenvalue weighted by molar-refractivity contribution is 7.90. The third-order valence-corrected chi connectivity index (χ3v) is 5.96. The van der Waals surface area contributed by atoms with Crippen LogP contribution >= 0.6 is 0 Å². The molecular formula is C13H11FN2O5S. The van der Waals surface area contributed by atoms with Crippen LogP contribution in [0.4, 0.5) is 4.39 Å². The van der Waals surface area contributed by atoms with Gasteiger partial charge in [-0.2, -0.15) is 0 Å². The van der Waals surface area contributed by atoms with Gasteiger partial charge in [0.05, 0.1) is 6.42 Å². The molecule has 0 aliphatic carbocycles. The summed E-state index contributed by atoms with van der Waals surface area (Å²) in [6.07, 6.45) is -0.530. The molecule has 0 N–H and O–H groups in total. The van der Waals surface area contributed by atoms with Crippen molar-refractivity contribution in [1.29, 1.82) is 0 Å². The number of likely N-dealkylation sites (N-methyl/N-ethyl adjacent to an activating group) is 1. The van der Waals surface area contributed by atoms with Crippen molar-refractivity contribution in [2.24, 2.45) is 0 Å². The number of rotatable bonds is 0. The van der Waals surface area contributed by atoms with Crippen molar-refractivity contribution in [3.05, 3.63) is 29.6 Å². The fraction of sp³-hybridized carbons (Fsp3) is 0.308. The second-order valence-electron chi connectivity index (χ2n) is 5.20. The molecular weight excluding hydrogens is 315 g/mol. The predicted molar refractivity (Wildman–Crippen MR) is 70.2 cm³/mol. The van der Waals surface area contributed by atoms with Gasteiger partial charge in [0.25, 0.3) is 15.9 Å². The Kier molecular flexibility index (Phi) is 2.75. The lowest BCUT2D eigenvalue weighted by atomic mass is 9.88. The number of nitrogens with zero attached hydrogens (tertiary/aromatic N) is 2. The van der Waals surface area contributed by atoms with Crippen molar-refractivity contribution in [3.63, 3.8) is 0 Å². The fourth-order valence-corrected chi connectivity index (χ4v) is 5.12. The van der Waals surface area contributed by atoms with Crippen molar-refractivity contribution < 1.29 is 27.2 Å². The molecule has 2 heterocycles. The summed E-state index contributed by atoms with van der Waals surface area (Å²) in [4.78, 5) is 36.4. The van der Waals surface area contributed by atoms with E-state index in [9.17, 15) is 27.2 Å². The molecule has 1 aromatic rings. The average molecular weight is 326 g/mol. The Hall–Kier alpha value is -2.29. The largest absolute Gasteiger partial charge is 0.283 e. The Bertz CT molecular complexity index is 850. The van der Waals surface area contributed by atoms with Crippen LogP contribution in [0.5, 0.6) is 0 Å². The number of likely N-dealkylation sites (tertiary alicyclic amines) is 1. The molecule has 7 nitrogen and oxygen atoms in total. The molecule has 1 fully saturated rings. The summed E-state index contributed by atoms with van der Waals surface area (Å²) in [7, 11) is -3.34. The zero-order chi connectivity index (χ0) is 16.4. The number of imide groups is 1. The molecule has 2 aliphatic rings. The molecule has 22 heavy (non-hydrogen) atoms. The second kappa shape index (κ2) is 4.13. The molecule has 0 aromatic heterocycles. The van der Waals surface area contributed by atoms with Crippen molar-refractivity contribution in [1.82, 2.24) is 9.21 Å². The molecule has 9 heteroatoms. The number of carbonyl (C=O) groups excluding carboxylic acids is 3. The zero-order valence-electron chi connectivity index (χ0n) is 11.7. The Labute approximate surface area is 125 Å². The number of fused-ring (bicyclic) bond motifs is 2. The van der Waals surface area contributed by atoms with Crippen LogP contribution in [0, 0.1) is 5.82 Å². The maximum absolute atomic E-state index is 14.1. The standard InChI is InChI=1S/C13H11FN2O5S/c1-7(17)16-13(6-10(18)15(2)12(13)19)8-4-3-5-9(14)11(8)22(16,20)21/h3-5H,6H2,1-2H3/t13-/m1/s1. The van der Waals surface area contributed by atoms with Crippen molar-refractivity contribution in [2.45, 2.75) is 23.8 Å². The van der Waals surface area contributed by atoms with E-state index in [4.69, 9.17) is 0 Å². The van der Waals surface area contributed by atoms with Crippen molar-refractivity contribution in [3.8, 4) is 0 Å². The van der Waals surface area contributed by atoms with Crippen LogP contribution in [-0.2, 0) is 29.9 Å². The first kappa shape index (κ1) is 14.6. The SMILES string of the molecule is CC(=O)N1[C@]2(CC(=O)N(C)C2=O)c2cccc(F)c2S1(=O)=O. The minimum Gasteiger partial charge on any atom is -0.283 e. The molecule has 1 spiro atoms. The molecule has 0 unspecified atom stereocenters. The highest BCUT2D eigenvalue weighted by atomic mass is 32.2. The minimum atomic E-state index is -4.54. The van der Waals surface area contributed by atoms with E-state index in [1.54, 1.807) is 0 Å². The summed E-state index contributed by atoms with van der Waals surface area (Å²) in [5.74, 6) is -3.51. The molecule has 1 atom stereocenters. The predicted octanol–water partition coefficient (Wildman–Crippen LogP) is -0.0395. The normalized spacial score (nSPS) is 26.0. The number of carbonyl (C=O) groups is 3. The Morgan fingerprint density at radius 2 is 1.95 bits per heavy atom. The van der Waals surface area contributed by atoms with Gasteiger partial charge in [0.15, 0.2) is 5.54 Å². The van der Waals surface area contributed by atoms with Crippen molar-refractivity contribution >= 4 is 27.7 Å². The quantitative estimate of drug-likeness (QED) is 0.624. The molecule has 2 aliphatic heterocycles. The number of hydrogen-bond donors (Lipinski definition) is 0. The number of sulfonamides is 1. The first-order valence-corrected chi connectivity index (χ1v) is 7.75. The summed E-state index contributed by atoms with van der Waals surface area (Å²) in [5.41, 5.74) is -2.20. The van der Waals surface area contributed by atoms with E-state index >= 15 is 0 Å². The van der Waals surface area contributed by atoms with Gasteiger partial charge < -0.3 is 0 Å². The van der Waals surface area contributed by atoms with Crippen LogP contribution in [0.2, 0.25) is 0 Å². The summed E-state index contributed by atoms with van der Waals surface area (Å²) >= 11 is 0. The Morgan fingerprint density at radius 1 is 1.32 bits per heavy atom. The molecule has 3 rings (SSSR count). The summed E-state index contributed by atoms with van der Waals surface area (Å²) in [6, 6.07) is 3.42. The molecule has 1 aromatic carbocycles. The monoisotopic (exact) mass is 326 g/mol. The highest BCUT2D eigenvalue weighted by Gasteiger charge is 2.66. The first-order valence-electron chi connectivity index (χ1n) is 6.31. The van der Waals surface area contributed by atoms with Crippen LogP contribution in [0.25, 0.3) is 0 Å². The molecule has 0 saturated carbocycles. The summed E-state index contributed by atoms with van der Waals surface area (Å²) < 4.78 is 39.5. The van der Waals surface area contributed by atoms with Crippen LogP contribution in [0.3, 0.4) is 0 Å². The third-order valence-electron chi connectivity index (χ3n) is 3.98. The van der Waals surface area contributed by atoms with Crippen LogP contribution in [-0.4, -0.2) is 42.4 Å². The smallest absolute Gasteiger partial charge is 0.271 e. The molecule has 0 radical (unpaired) electrons. The van der Waals surface area contributed by atoms with Gasteiger partial charge in [0, 0.05) is 19.5 Å². The molecule has 0 bridgehead atoms. The maximum atomic E-state index is 14.1. The van der Waals surface area contributed by atoms with Gasteiger partial charge in [0.1, 0.15) is 10.7 Å². The summed E-state index contributed by atoms with van der Waals surface area (Å²) in [6.45, 7) is 0.958. The van der Waals surface area contributed by atoms with Crippen LogP contribution < -0.4 is 0 Å². The average Bonchev–Trinajstić information content (AvgIpc) is 2.75. The Morgan fingerprint density at radius 3 is 2.45 bits per heavy atom. The maximum Gasteiger partial charge on any atom is 0.271 e. The lowest BCUT2D eigenvalue weighted by molar-refractivity contribution is -0.143. The minimum absolute atomic E-state index is 0.176. The van der Waals surface area contributed by atoms with Crippen molar-refractivity contribution in [2.75, 3.05) is 7.05 Å². The van der Waals surface area contributed by atoms with E-state index in [1.807, 2.05) is 0 Å². The van der Waals surface area contributed by atoms with E-state index < -0.39 is 50.4 Å². The van der Waals surface area contributed by atoms with E-state index in [1.165, 1.54) is 19.2 Å². The fourth-order valence-electron chi connectivity index (χ4n) is 3.11. The van der Waals surface area contributed by atoms with E-state index in [2.05, 4.69) is 0 Å². The van der Waals surface area contributed by atoms with Gasteiger partial charge in [-0.3, -0.25) is 19.3 Å². The zero-order valence-corrected chi connectivity index (χ0v) is 12.5. The van der Waals surface area contributed by atoms with Gasteiger partial charge in [0.2, 0.25) is 11.8 Å². The number of benzene rings is 1. The highest BCUT2D eigenvalue weighted by Crippen LogP contribution is 2.50. The number of hydrogen-bond acceptors (Lipinski definition) is 5. The van der Waals surface area contributed by atoms with Gasteiger partial charge in [-0.25, -0.2) is 17.1 Å². The lowest BCUT2D eigenvalue weighted by Gasteiger charge is -2.30. The second-order valence-corrected chi connectivity index (χ2v) is 6.92. The van der Waals surface area contributed by atoms with Gasteiger partial charge in [-0.05, 0) is 6.07 Å². The van der Waals surface area contributed by atoms with Gasteiger partial charge in [-0.1, -0.05) is 12.1 Å². The van der Waals surface area contributed by atoms with E-state index in [-0.39, 0.29) is 5.56 Å². The Balaban J connectivity index is 2.45. The summed E-state index contributed by atoms with van der Waals surface area (Å²) in [5, 5.41) is 0. The van der Waals surface area contributed by atoms with E-state index in [0.29, 0.717) is 4.31 Å². The van der Waals surface area contributed by atoms with E-state index in [0.717, 1.165) is 17.9 Å². The lowest BCUT2D eigenvalue weighted by Crippen LogP contribution is -2.51.